The molecule has 23 heavy (non-hydrogen) atoms. The molecule has 3 aromatic rings. The number of aromatic nitrogens is 1. The van der Waals surface area contributed by atoms with Crippen LogP contribution in [0.4, 0.5) is 10.1 Å². The predicted molar refractivity (Wildman–Crippen MR) is 81.0 cm³/mol. The molecule has 0 atom stereocenters. The van der Waals surface area contributed by atoms with Gasteiger partial charge in [0.05, 0.1) is 5.56 Å². The summed E-state index contributed by atoms with van der Waals surface area (Å²) < 4.78 is 18.3. The first-order valence-electron chi connectivity index (χ1n) is 6.70. The normalized spacial score (nSPS) is 10.1. The second-order valence-corrected chi connectivity index (χ2v) is 4.70. The number of anilines is 1. The van der Waals surface area contributed by atoms with Gasteiger partial charge in [0.25, 0.3) is 5.91 Å². The van der Waals surface area contributed by atoms with Gasteiger partial charge in [0.2, 0.25) is 5.76 Å². The summed E-state index contributed by atoms with van der Waals surface area (Å²) in [5, 5.41) is 15.2. The Morgan fingerprint density at radius 2 is 1.96 bits per heavy atom. The van der Waals surface area contributed by atoms with E-state index < -0.39 is 11.7 Å². The fourth-order valence-electron chi connectivity index (χ4n) is 2.01. The Morgan fingerprint density at radius 3 is 2.70 bits per heavy atom. The Morgan fingerprint density at radius 1 is 1.17 bits per heavy atom. The second-order valence-electron chi connectivity index (χ2n) is 4.70. The molecule has 2 aromatic carbocycles. The quantitative estimate of drug-likeness (QED) is 0.801. The SMILES string of the molecule is N#Cc1cc(NC(=O)c2cc(-c3ccccc3)no2)ccc1F. The van der Waals surface area contributed by atoms with Crippen LogP contribution in [-0.2, 0) is 0 Å². The molecule has 3 rings (SSSR count). The first-order valence-corrected chi connectivity index (χ1v) is 6.70. The summed E-state index contributed by atoms with van der Waals surface area (Å²) in [6.45, 7) is 0. The highest BCUT2D eigenvalue weighted by Crippen LogP contribution is 2.20. The van der Waals surface area contributed by atoms with Gasteiger partial charge in [-0.15, -0.1) is 0 Å². The Bertz CT molecular complexity index is 898. The number of hydrogen-bond acceptors (Lipinski definition) is 4. The molecule has 0 saturated carbocycles. The summed E-state index contributed by atoms with van der Waals surface area (Å²) in [6, 6.07) is 16.2. The third kappa shape index (κ3) is 3.09. The Hall–Kier alpha value is -3.46. The van der Waals surface area contributed by atoms with Gasteiger partial charge in [-0.1, -0.05) is 35.5 Å². The van der Waals surface area contributed by atoms with Crippen LogP contribution in [0.3, 0.4) is 0 Å². The van der Waals surface area contributed by atoms with Gasteiger partial charge in [-0.25, -0.2) is 4.39 Å². The van der Waals surface area contributed by atoms with Gasteiger partial charge >= 0.3 is 0 Å². The minimum atomic E-state index is -0.642. The van der Waals surface area contributed by atoms with Crippen LogP contribution in [0.2, 0.25) is 0 Å². The molecule has 0 saturated heterocycles. The molecule has 1 N–H and O–H groups in total. The van der Waals surface area contributed by atoms with Crippen LogP contribution in [0.1, 0.15) is 16.1 Å². The highest BCUT2D eigenvalue weighted by molar-refractivity contribution is 6.02. The molecule has 0 aliphatic heterocycles. The van der Waals surface area contributed by atoms with Crippen molar-refractivity contribution in [2.75, 3.05) is 5.32 Å². The van der Waals surface area contributed by atoms with Crippen molar-refractivity contribution in [1.82, 2.24) is 5.16 Å². The van der Waals surface area contributed by atoms with Gasteiger partial charge in [-0.3, -0.25) is 4.79 Å². The number of nitrogens with zero attached hydrogens (tertiary/aromatic N) is 2. The van der Waals surface area contributed by atoms with E-state index >= 15 is 0 Å². The highest BCUT2D eigenvalue weighted by atomic mass is 19.1. The average molecular weight is 307 g/mol. The summed E-state index contributed by atoms with van der Waals surface area (Å²) in [7, 11) is 0. The van der Waals surface area contributed by atoms with Crippen LogP contribution >= 0.6 is 0 Å². The maximum absolute atomic E-state index is 13.3. The first kappa shape index (κ1) is 14.5. The monoisotopic (exact) mass is 307 g/mol. The highest BCUT2D eigenvalue weighted by Gasteiger charge is 2.15. The maximum Gasteiger partial charge on any atom is 0.294 e. The van der Waals surface area contributed by atoms with Gasteiger partial charge in [-0.2, -0.15) is 5.26 Å². The van der Waals surface area contributed by atoms with E-state index in [1.165, 1.54) is 18.2 Å². The summed E-state index contributed by atoms with van der Waals surface area (Å²) in [4.78, 5) is 12.1. The molecule has 112 valence electrons. The number of amides is 1. The van der Waals surface area contributed by atoms with E-state index in [0.717, 1.165) is 11.6 Å². The van der Waals surface area contributed by atoms with E-state index in [-0.39, 0.29) is 11.3 Å². The van der Waals surface area contributed by atoms with E-state index in [2.05, 4.69) is 10.5 Å². The number of rotatable bonds is 3. The summed E-state index contributed by atoms with van der Waals surface area (Å²) in [5.41, 5.74) is 1.51. The number of carbonyl (C=O) groups excluding carboxylic acids is 1. The molecule has 0 fully saturated rings. The largest absolute Gasteiger partial charge is 0.350 e. The van der Waals surface area contributed by atoms with E-state index in [4.69, 9.17) is 9.78 Å². The molecule has 0 aliphatic rings. The smallest absolute Gasteiger partial charge is 0.294 e. The van der Waals surface area contributed by atoms with Crippen LogP contribution < -0.4 is 5.32 Å². The lowest BCUT2D eigenvalue weighted by atomic mass is 10.1. The number of carbonyl (C=O) groups is 1. The van der Waals surface area contributed by atoms with Crippen LogP contribution in [0.15, 0.2) is 59.1 Å². The van der Waals surface area contributed by atoms with Crippen molar-refractivity contribution in [1.29, 1.82) is 5.26 Å². The topological polar surface area (TPSA) is 78.9 Å². The van der Waals surface area contributed by atoms with Crippen LogP contribution in [0, 0.1) is 17.1 Å². The molecule has 0 aliphatic carbocycles. The molecular weight excluding hydrogens is 297 g/mol. The minimum Gasteiger partial charge on any atom is -0.350 e. The average Bonchev–Trinajstić information content (AvgIpc) is 3.07. The fraction of sp³-hybridized carbons (Fsp3) is 0. The summed E-state index contributed by atoms with van der Waals surface area (Å²) >= 11 is 0. The Balaban J connectivity index is 1.79. The number of nitrogens with one attached hydrogen (secondary N) is 1. The fourth-order valence-corrected chi connectivity index (χ4v) is 2.01. The van der Waals surface area contributed by atoms with Gasteiger partial charge in [0, 0.05) is 17.3 Å². The Kier molecular flexibility index (Phi) is 3.85. The lowest BCUT2D eigenvalue weighted by Gasteiger charge is -2.03. The van der Waals surface area contributed by atoms with Crippen LogP contribution in [0.25, 0.3) is 11.3 Å². The molecule has 1 heterocycles. The molecule has 0 bridgehead atoms. The molecule has 0 spiro atoms. The van der Waals surface area contributed by atoms with Crippen molar-refractivity contribution in [2.24, 2.45) is 0 Å². The first-order chi connectivity index (χ1) is 11.2. The molecule has 5 nitrogen and oxygen atoms in total. The number of nitriles is 1. The van der Waals surface area contributed by atoms with E-state index in [9.17, 15) is 9.18 Å². The molecule has 0 unspecified atom stereocenters. The van der Waals surface area contributed by atoms with Crippen LogP contribution in [0.5, 0.6) is 0 Å². The van der Waals surface area contributed by atoms with Gasteiger partial charge in [0.15, 0.2) is 0 Å². The lowest BCUT2D eigenvalue weighted by molar-refractivity contribution is 0.0988. The Labute approximate surface area is 131 Å². The molecule has 1 amide bonds. The van der Waals surface area contributed by atoms with Crippen molar-refractivity contribution < 1.29 is 13.7 Å². The number of halogens is 1. The zero-order valence-electron chi connectivity index (χ0n) is 11.8. The van der Waals surface area contributed by atoms with Crippen LogP contribution in [-0.4, -0.2) is 11.1 Å². The molecule has 1 aromatic heterocycles. The van der Waals surface area contributed by atoms with Crippen molar-refractivity contribution in [3.05, 3.63) is 71.7 Å². The van der Waals surface area contributed by atoms with Crippen molar-refractivity contribution >= 4 is 11.6 Å². The zero-order chi connectivity index (χ0) is 16.2. The standard InChI is InChI=1S/C17H10FN3O2/c18-14-7-6-13(8-12(14)10-19)20-17(22)16-9-15(21-23-16)11-4-2-1-3-5-11/h1-9H,(H,20,22). The van der Waals surface area contributed by atoms with E-state index in [1.54, 1.807) is 6.07 Å². The number of benzene rings is 2. The second kappa shape index (κ2) is 6.12. The van der Waals surface area contributed by atoms with Crippen molar-refractivity contribution in [3.8, 4) is 17.3 Å². The van der Waals surface area contributed by atoms with Crippen molar-refractivity contribution in [2.45, 2.75) is 0 Å². The van der Waals surface area contributed by atoms with Gasteiger partial charge in [0.1, 0.15) is 17.6 Å². The third-order valence-electron chi connectivity index (χ3n) is 3.15. The zero-order valence-corrected chi connectivity index (χ0v) is 11.8. The third-order valence-corrected chi connectivity index (χ3v) is 3.15. The molecule has 0 radical (unpaired) electrons. The summed E-state index contributed by atoms with van der Waals surface area (Å²) in [6.07, 6.45) is 0. The molecular formula is C17H10FN3O2. The van der Waals surface area contributed by atoms with Gasteiger partial charge in [-0.05, 0) is 18.2 Å². The van der Waals surface area contributed by atoms with Crippen molar-refractivity contribution in [3.63, 3.8) is 0 Å². The van der Waals surface area contributed by atoms with E-state index in [0.29, 0.717) is 11.4 Å². The van der Waals surface area contributed by atoms with E-state index in [1.807, 2.05) is 30.3 Å². The maximum atomic E-state index is 13.3. The number of hydrogen-bond donors (Lipinski definition) is 1. The molecule has 6 heteroatoms. The lowest BCUT2D eigenvalue weighted by Crippen LogP contribution is -2.11. The minimum absolute atomic E-state index is 0.0201. The summed E-state index contributed by atoms with van der Waals surface area (Å²) in [5.74, 6) is -1.15. The predicted octanol–water partition coefficient (Wildman–Crippen LogP) is 3.60. The van der Waals surface area contributed by atoms with Gasteiger partial charge < -0.3 is 9.84 Å².